The highest BCUT2D eigenvalue weighted by Gasteiger charge is 2.30. The van der Waals surface area contributed by atoms with Gasteiger partial charge in [0.2, 0.25) is 0 Å². The molecule has 0 heterocycles. The van der Waals surface area contributed by atoms with E-state index in [0.29, 0.717) is 25.7 Å². The lowest BCUT2D eigenvalue weighted by Crippen LogP contribution is -2.30. The Labute approximate surface area is 638 Å². The molecule has 0 aromatic carbocycles. The lowest BCUT2D eigenvalue weighted by Gasteiger charge is -2.21. The molecule has 19 heteroatoms. The molecular formula is C85H166O17P2. The number of rotatable bonds is 82. The highest BCUT2D eigenvalue weighted by molar-refractivity contribution is 7.47. The zero-order chi connectivity index (χ0) is 76.7. The summed E-state index contributed by atoms with van der Waals surface area (Å²) < 4.78 is 68.9. The molecule has 0 saturated carbocycles. The molecule has 0 radical (unpaired) electrons. The molecule has 0 bridgehead atoms. The van der Waals surface area contributed by atoms with Crippen molar-refractivity contribution in [1.29, 1.82) is 0 Å². The maximum atomic E-state index is 13.1. The summed E-state index contributed by atoms with van der Waals surface area (Å²) in [4.78, 5) is 73.2. The standard InChI is InChI=1S/C85H166O17P2/c1-9-77(7)63-55-47-39-31-25-19-14-15-20-26-32-41-49-57-65-82(87)95-71-80(101-84(89)67-59-51-43-33-27-21-13-11-12-17-23-29-37-45-53-61-75(3)4)73-99-103(91,92)97-69-79(86)70-98-104(93,94)100-74-81(72-96-83(88)66-58-50-42-36-35-40-48-56-64-78(8)10-2)102-85(90)68-60-52-44-34-28-22-16-18-24-30-38-46-54-62-76(5)6/h75-81,86H,9-74H2,1-8H3,(H,91,92)(H,93,94)/t77?,78?,79-,80-,81-/m1/s1. The molecule has 0 aliphatic heterocycles. The molecule has 4 unspecified atom stereocenters. The number of ether oxygens (including phenoxy) is 4. The van der Waals surface area contributed by atoms with Gasteiger partial charge in [0.1, 0.15) is 19.3 Å². The van der Waals surface area contributed by atoms with E-state index < -0.39 is 97.5 Å². The van der Waals surface area contributed by atoms with Gasteiger partial charge in [0.05, 0.1) is 26.4 Å². The minimum absolute atomic E-state index is 0.107. The van der Waals surface area contributed by atoms with Gasteiger partial charge in [-0.15, -0.1) is 0 Å². The van der Waals surface area contributed by atoms with Gasteiger partial charge in [-0.05, 0) is 49.4 Å². The number of aliphatic hydroxyl groups is 1. The average Bonchev–Trinajstić information content (AvgIpc) is 0.905. The first-order chi connectivity index (χ1) is 50.2. The Balaban J connectivity index is 5.27. The van der Waals surface area contributed by atoms with Gasteiger partial charge in [-0.3, -0.25) is 37.3 Å². The van der Waals surface area contributed by atoms with E-state index in [9.17, 15) is 43.2 Å². The van der Waals surface area contributed by atoms with E-state index in [0.717, 1.165) is 114 Å². The summed E-state index contributed by atoms with van der Waals surface area (Å²) in [5.74, 6) is 1.11. The van der Waals surface area contributed by atoms with Crippen LogP contribution < -0.4 is 0 Å². The number of unbranched alkanes of at least 4 members (excludes halogenated alkanes) is 46. The molecule has 0 spiro atoms. The maximum Gasteiger partial charge on any atom is 0.472 e. The highest BCUT2D eigenvalue weighted by Crippen LogP contribution is 2.45. The van der Waals surface area contributed by atoms with Crippen molar-refractivity contribution in [3.05, 3.63) is 0 Å². The van der Waals surface area contributed by atoms with E-state index >= 15 is 0 Å². The Morgan fingerprint density at radius 1 is 0.269 bits per heavy atom. The quantitative estimate of drug-likeness (QED) is 0.0222. The Morgan fingerprint density at radius 2 is 0.462 bits per heavy atom. The molecule has 0 aliphatic rings. The van der Waals surface area contributed by atoms with Crippen molar-refractivity contribution in [1.82, 2.24) is 0 Å². The molecular weight excluding hydrogens is 1350 g/mol. The van der Waals surface area contributed by atoms with Crippen LogP contribution in [-0.2, 0) is 65.4 Å². The maximum absolute atomic E-state index is 13.1. The van der Waals surface area contributed by atoms with Crippen molar-refractivity contribution in [3.63, 3.8) is 0 Å². The zero-order valence-corrected chi connectivity index (χ0v) is 70.5. The van der Waals surface area contributed by atoms with Crippen LogP contribution in [0, 0.1) is 23.7 Å². The lowest BCUT2D eigenvalue weighted by atomic mass is 9.99. The molecule has 0 amide bonds. The van der Waals surface area contributed by atoms with Crippen molar-refractivity contribution in [2.45, 2.75) is 459 Å². The monoisotopic (exact) mass is 1520 g/mol. The minimum Gasteiger partial charge on any atom is -0.462 e. The summed E-state index contributed by atoms with van der Waals surface area (Å²) in [6.07, 6.45) is 62.2. The Bertz CT molecular complexity index is 2030. The van der Waals surface area contributed by atoms with E-state index in [-0.39, 0.29) is 25.7 Å². The van der Waals surface area contributed by atoms with Crippen LogP contribution in [0.1, 0.15) is 441 Å². The van der Waals surface area contributed by atoms with Gasteiger partial charge in [-0.2, -0.15) is 0 Å². The molecule has 0 aliphatic carbocycles. The number of hydrogen-bond acceptors (Lipinski definition) is 15. The topological polar surface area (TPSA) is 237 Å². The third-order valence-corrected chi connectivity index (χ3v) is 22.4. The Hall–Kier alpha value is -1.94. The first kappa shape index (κ1) is 102. The summed E-state index contributed by atoms with van der Waals surface area (Å²) in [5.41, 5.74) is 0. The van der Waals surface area contributed by atoms with Gasteiger partial charge in [0.15, 0.2) is 12.2 Å². The Morgan fingerprint density at radius 3 is 0.683 bits per heavy atom. The van der Waals surface area contributed by atoms with Crippen molar-refractivity contribution in [2.24, 2.45) is 23.7 Å². The average molecular weight is 1520 g/mol. The van der Waals surface area contributed by atoms with Gasteiger partial charge in [0, 0.05) is 25.7 Å². The molecule has 0 aromatic heterocycles. The first-order valence-electron chi connectivity index (χ1n) is 43.8. The smallest absolute Gasteiger partial charge is 0.462 e. The predicted octanol–water partition coefficient (Wildman–Crippen LogP) is 25.6. The van der Waals surface area contributed by atoms with Crippen molar-refractivity contribution >= 4 is 39.5 Å². The van der Waals surface area contributed by atoms with Crippen molar-refractivity contribution < 1.29 is 80.2 Å². The molecule has 0 rings (SSSR count). The molecule has 0 saturated heterocycles. The number of carbonyl (C=O) groups is 4. The second-order valence-electron chi connectivity index (χ2n) is 32.0. The predicted molar refractivity (Wildman–Crippen MR) is 428 cm³/mol. The molecule has 3 N–H and O–H groups in total. The highest BCUT2D eigenvalue weighted by atomic mass is 31.2. The molecule has 0 aromatic rings. The summed E-state index contributed by atoms with van der Waals surface area (Å²) in [6.45, 7) is 14.4. The van der Waals surface area contributed by atoms with Crippen molar-refractivity contribution in [3.8, 4) is 0 Å². The third-order valence-electron chi connectivity index (χ3n) is 20.5. The van der Waals surface area contributed by atoms with E-state index in [2.05, 4.69) is 55.4 Å². The fourth-order valence-electron chi connectivity index (χ4n) is 13.1. The largest absolute Gasteiger partial charge is 0.472 e. The van der Waals surface area contributed by atoms with Crippen LogP contribution >= 0.6 is 15.6 Å². The minimum atomic E-state index is -4.97. The van der Waals surface area contributed by atoms with E-state index in [1.165, 1.54) is 244 Å². The van der Waals surface area contributed by atoms with E-state index in [4.69, 9.17) is 37.0 Å². The van der Waals surface area contributed by atoms with Gasteiger partial charge in [-0.1, -0.05) is 389 Å². The third kappa shape index (κ3) is 75.5. The summed E-state index contributed by atoms with van der Waals surface area (Å²) in [7, 11) is -9.93. The van der Waals surface area contributed by atoms with Crippen molar-refractivity contribution in [2.75, 3.05) is 39.6 Å². The number of esters is 4. The second-order valence-corrected chi connectivity index (χ2v) is 34.9. The molecule has 7 atom stereocenters. The second kappa shape index (κ2) is 73.8. The van der Waals surface area contributed by atoms with Gasteiger partial charge < -0.3 is 33.8 Å². The number of phosphoric acid groups is 2. The first-order valence-corrected chi connectivity index (χ1v) is 46.8. The van der Waals surface area contributed by atoms with Crippen LogP contribution in [0.15, 0.2) is 0 Å². The number of hydrogen-bond donors (Lipinski definition) is 3. The normalized spacial score (nSPS) is 14.5. The fourth-order valence-corrected chi connectivity index (χ4v) is 14.7. The van der Waals surface area contributed by atoms with E-state index in [1.54, 1.807) is 0 Å². The number of aliphatic hydroxyl groups excluding tert-OH is 1. The van der Waals surface area contributed by atoms with Gasteiger partial charge in [0.25, 0.3) is 0 Å². The summed E-state index contributed by atoms with van der Waals surface area (Å²) in [6, 6.07) is 0. The molecule has 0 fully saturated rings. The summed E-state index contributed by atoms with van der Waals surface area (Å²) >= 11 is 0. The van der Waals surface area contributed by atoms with Crippen LogP contribution in [-0.4, -0.2) is 96.7 Å². The zero-order valence-electron chi connectivity index (χ0n) is 68.7. The molecule has 618 valence electrons. The van der Waals surface area contributed by atoms with Crippen LogP contribution in [0.4, 0.5) is 0 Å². The molecule has 104 heavy (non-hydrogen) atoms. The van der Waals surface area contributed by atoms with Crippen LogP contribution in [0.25, 0.3) is 0 Å². The van der Waals surface area contributed by atoms with E-state index in [1.807, 2.05) is 0 Å². The lowest BCUT2D eigenvalue weighted by molar-refractivity contribution is -0.161. The number of phosphoric ester groups is 2. The van der Waals surface area contributed by atoms with Gasteiger partial charge >= 0.3 is 39.5 Å². The Kier molecular flexibility index (Phi) is 72.5. The number of carbonyl (C=O) groups excluding carboxylic acids is 4. The van der Waals surface area contributed by atoms with Crippen LogP contribution in [0.5, 0.6) is 0 Å². The molecule has 17 nitrogen and oxygen atoms in total. The van der Waals surface area contributed by atoms with Crippen LogP contribution in [0.3, 0.4) is 0 Å². The van der Waals surface area contributed by atoms with Gasteiger partial charge in [-0.25, -0.2) is 9.13 Å². The van der Waals surface area contributed by atoms with Crippen LogP contribution in [0.2, 0.25) is 0 Å². The summed E-state index contributed by atoms with van der Waals surface area (Å²) in [5, 5.41) is 10.7. The fraction of sp³-hybridized carbons (Fsp3) is 0.953. The SMILES string of the molecule is CCC(C)CCCCCCCCCCCCCCCCC(=O)OC[C@H](COP(=O)(O)OC[C@@H](O)COP(=O)(O)OC[C@@H](COC(=O)CCCCCCCCCCC(C)CC)OC(=O)CCCCCCCCCCCCCCCC(C)C)OC(=O)CCCCCCCCCCCCCCCCCC(C)C.